The van der Waals surface area contributed by atoms with Crippen molar-refractivity contribution in [1.29, 1.82) is 0 Å². The molecular formula is C12H12Cl2N4. The molecule has 1 saturated carbocycles. The predicted octanol–water partition coefficient (Wildman–Crippen LogP) is 3.03. The van der Waals surface area contributed by atoms with Gasteiger partial charge in [0.25, 0.3) is 0 Å². The van der Waals surface area contributed by atoms with Crippen molar-refractivity contribution < 1.29 is 0 Å². The number of nitrogens with zero attached hydrogens (tertiary/aromatic N) is 2. The quantitative estimate of drug-likeness (QED) is 0.906. The van der Waals surface area contributed by atoms with Crippen LogP contribution in [-0.2, 0) is 6.54 Å². The van der Waals surface area contributed by atoms with E-state index in [9.17, 15) is 0 Å². The number of nitrogens with one attached hydrogen (secondary N) is 2. The standard InChI is InChI=1S/C12H12Cl2N4/c13-7-3-10(14)11(16-4-7)12-17-6-9(18-12)5-15-8-1-2-8/h3-4,6,8,15H,1-2,5H2,(H,17,18). The second kappa shape index (κ2) is 4.88. The number of hydrogen-bond acceptors (Lipinski definition) is 3. The topological polar surface area (TPSA) is 53.6 Å². The highest BCUT2D eigenvalue weighted by atomic mass is 35.5. The van der Waals surface area contributed by atoms with Crippen LogP contribution in [0.5, 0.6) is 0 Å². The van der Waals surface area contributed by atoms with Crippen LogP contribution in [-0.4, -0.2) is 21.0 Å². The summed E-state index contributed by atoms with van der Waals surface area (Å²) in [6.07, 6.45) is 5.90. The van der Waals surface area contributed by atoms with Crippen molar-refractivity contribution in [2.24, 2.45) is 0 Å². The number of aromatic nitrogens is 3. The van der Waals surface area contributed by atoms with E-state index in [0.717, 1.165) is 12.2 Å². The highest BCUT2D eigenvalue weighted by molar-refractivity contribution is 6.35. The zero-order valence-corrected chi connectivity index (χ0v) is 11.1. The largest absolute Gasteiger partial charge is 0.339 e. The first kappa shape index (κ1) is 12.0. The van der Waals surface area contributed by atoms with E-state index in [0.29, 0.717) is 27.6 Å². The minimum atomic E-state index is 0.499. The Morgan fingerprint density at radius 2 is 2.11 bits per heavy atom. The van der Waals surface area contributed by atoms with Crippen LogP contribution in [0.3, 0.4) is 0 Å². The third kappa shape index (κ3) is 2.66. The Morgan fingerprint density at radius 1 is 1.28 bits per heavy atom. The Bertz CT molecular complexity index is 563. The first-order chi connectivity index (χ1) is 8.72. The molecule has 0 unspecified atom stereocenters. The molecule has 18 heavy (non-hydrogen) atoms. The van der Waals surface area contributed by atoms with E-state index in [4.69, 9.17) is 23.2 Å². The van der Waals surface area contributed by atoms with E-state index in [1.165, 1.54) is 12.8 Å². The average Bonchev–Trinajstić information content (AvgIpc) is 3.05. The summed E-state index contributed by atoms with van der Waals surface area (Å²) < 4.78 is 0. The van der Waals surface area contributed by atoms with Gasteiger partial charge in [0.15, 0.2) is 5.82 Å². The third-order valence-corrected chi connectivity index (χ3v) is 3.31. The number of imidazole rings is 1. The van der Waals surface area contributed by atoms with Crippen LogP contribution >= 0.6 is 23.2 Å². The van der Waals surface area contributed by atoms with Gasteiger partial charge in [-0.2, -0.15) is 0 Å². The molecule has 2 aromatic rings. The molecule has 1 aliphatic carbocycles. The number of H-pyrrole nitrogens is 1. The van der Waals surface area contributed by atoms with Gasteiger partial charge in [0.2, 0.25) is 0 Å². The van der Waals surface area contributed by atoms with Crippen molar-refractivity contribution in [3.8, 4) is 11.5 Å². The van der Waals surface area contributed by atoms with Gasteiger partial charge in [-0.3, -0.25) is 0 Å². The summed E-state index contributed by atoms with van der Waals surface area (Å²) in [5, 5.41) is 4.43. The molecule has 94 valence electrons. The average molecular weight is 283 g/mol. The van der Waals surface area contributed by atoms with Crippen LogP contribution in [0, 0.1) is 0 Å². The fourth-order valence-electron chi connectivity index (χ4n) is 1.70. The summed E-state index contributed by atoms with van der Waals surface area (Å²) >= 11 is 11.9. The molecule has 1 fully saturated rings. The summed E-state index contributed by atoms with van der Waals surface area (Å²) in [6.45, 7) is 0.795. The molecule has 0 bridgehead atoms. The summed E-state index contributed by atoms with van der Waals surface area (Å²) in [5.41, 5.74) is 1.66. The minimum absolute atomic E-state index is 0.499. The van der Waals surface area contributed by atoms with Gasteiger partial charge in [0.1, 0.15) is 5.69 Å². The highest BCUT2D eigenvalue weighted by Crippen LogP contribution is 2.26. The molecule has 0 spiro atoms. The van der Waals surface area contributed by atoms with Crippen LogP contribution in [0.25, 0.3) is 11.5 Å². The van der Waals surface area contributed by atoms with Crippen molar-refractivity contribution in [3.05, 3.63) is 34.2 Å². The van der Waals surface area contributed by atoms with Crippen LogP contribution in [0.1, 0.15) is 18.5 Å². The molecule has 2 aromatic heterocycles. The Morgan fingerprint density at radius 3 is 2.83 bits per heavy atom. The van der Waals surface area contributed by atoms with Crippen LogP contribution < -0.4 is 5.32 Å². The normalized spacial score (nSPS) is 15.0. The lowest BCUT2D eigenvalue weighted by molar-refractivity contribution is 0.677. The lowest BCUT2D eigenvalue weighted by Crippen LogP contribution is -2.15. The molecular weight excluding hydrogens is 271 g/mol. The second-order valence-corrected chi connectivity index (χ2v) is 5.24. The Balaban J connectivity index is 1.78. The van der Waals surface area contributed by atoms with E-state index in [1.54, 1.807) is 18.5 Å². The van der Waals surface area contributed by atoms with Crippen LogP contribution in [0.4, 0.5) is 0 Å². The number of aromatic amines is 1. The van der Waals surface area contributed by atoms with Gasteiger partial charge >= 0.3 is 0 Å². The zero-order valence-electron chi connectivity index (χ0n) is 9.58. The van der Waals surface area contributed by atoms with E-state index < -0.39 is 0 Å². The molecule has 1 aliphatic rings. The summed E-state index contributed by atoms with van der Waals surface area (Å²) in [5.74, 6) is 0.671. The van der Waals surface area contributed by atoms with Crippen molar-refractivity contribution in [2.75, 3.05) is 0 Å². The summed E-state index contributed by atoms with van der Waals surface area (Å²) in [4.78, 5) is 11.7. The maximum atomic E-state index is 6.09. The molecule has 4 nitrogen and oxygen atoms in total. The number of halogens is 2. The number of rotatable bonds is 4. The lowest BCUT2D eigenvalue weighted by Gasteiger charge is -2.01. The third-order valence-electron chi connectivity index (χ3n) is 2.82. The molecule has 0 aliphatic heterocycles. The SMILES string of the molecule is Clc1cnc(-c2ncc(CNC3CC3)[nH]2)c(Cl)c1. The van der Waals surface area contributed by atoms with Gasteiger partial charge < -0.3 is 10.3 Å². The fraction of sp³-hybridized carbons (Fsp3) is 0.333. The molecule has 0 saturated heterocycles. The van der Waals surface area contributed by atoms with E-state index in [-0.39, 0.29) is 0 Å². The second-order valence-electron chi connectivity index (χ2n) is 4.40. The van der Waals surface area contributed by atoms with Gasteiger partial charge in [-0.1, -0.05) is 23.2 Å². The van der Waals surface area contributed by atoms with E-state index >= 15 is 0 Å². The predicted molar refractivity (Wildman–Crippen MR) is 71.7 cm³/mol. The maximum absolute atomic E-state index is 6.09. The first-order valence-corrected chi connectivity index (χ1v) is 6.56. The molecule has 0 aromatic carbocycles. The molecule has 6 heteroatoms. The van der Waals surface area contributed by atoms with Crippen molar-refractivity contribution in [3.63, 3.8) is 0 Å². The van der Waals surface area contributed by atoms with Gasteiger partial charge in [-0.25, -0.2) is 9.97 Å². The van der Waals surface area contributed by atoms with Crippen LogP contribution in [0.2, 0.25) is 10.0 Å². The Kier molecular flexibility index (Phi) is 3.24. The first-order valence-electron chi connectivity index (χ1n) is 5.81. The molecule has 2 N–H and O–H groups in total. The lowest BCUT2D eigenvalue weighted by atomic mass is 10.3. The van der Waals surface area contributed by atoms with Crippen molar-refractivity contribution >= 4 is 23.2 Å². The van der Waals surface area contributed by atoms with Gasteiger partial charge in [0.05, 0.1) is 16.2 Å². The fourth-order valence-corrected chi connectivity index (χ4v) is 2.17. The van der Waals surface area contributed by atoms with E-state index in [1.807, 2.05) is 0 Å². The summed E-state index contributed by atoms with van der Waals surface area (Å²) in [6, 6.07) is 2.34. The molecule has 0 radical (unpaired) electrons. The summed E-state index contributed by atoms with van der Waals surface area (Å²) in [7, 11) is 0. The van der Waals surface area contributed by atoms with Crippen molar-refractivity contribution in [1.82, 2.24) is 20.3 Å². The molecule has 2 heterocycles. The number of pyridine rings is 1. The molecule has 0 amide bonds. The number of hydrogen-bond donors (Lipinski definition) is 2. The zero-order chi connectivity index (χ0) is 12.5. The molecule has 0 atom stereocenters. The van der Waals surface area contributed by atoms with Gasteiger partial charge in [-0.05, 0) is 18.9 Å². The molecule has 3 rings (SSSR count). The Labute approximate surface area is 115 Å². The highest BCUT2D eigenvalue weighted by Gasteiger charge is 2.20. The van der Waals surface area contributed by atoms with Crippen LogP contribution in [0.15, 0.2) is 18.5 Å². The minimum Gasteiger partial charge on any atom is -0.339 e. The van der Waals surface area contributed by atoms with E-state index in [2.05, 4.69) is 20.3 Å². The smallest absolute Gasteiger partial charge is 0.157 e. The monoisotopic (exact) mass is 282 g/mol. The van der Waals surface area contributed by atoms with Gasteiger partial charge in [0, 0.05) is 24.5 Å². The maximum Gasteiger partial charge on any atom is 0.157 e. The van der Waals surface area contributed by atoms with Gasteiger partial charge in [-0.15, -0.1) is 0 Å². The van der Waals surface area contributed by atoms with Crippen molar-refractivity contribution in [2.45, 2.75) is 25.4 Å². The Hall–Kier alpha value is -1.10.